The minimum absolute atomic E-state index is 0.210. The third-order valence-corrected chi connectivity index (χ3v) is 6.77. The number of ether oxygens (including phenoxy) is 3. The zero-order valence-electron chi connectivity index (χ0n) is 25.4. The predicted octanol–water partition coefficient (Wildman–Crippen LogP) is 7.03. The van der Waals surface area contributed by atoms with Crippen LogP contribution in [0.15, 0.2) is 24.3 Å². The molecule has 2 atom stereocenters. The van der Waals surface area contributed by atoms with Crippen LogP contribution < -0.4 is 0 Å². The summed E-state index contributed by atoms with van der Waals surface area (Å²) in [6.07, 6.45) is 5.61. The van der Waals surface area contributed by atoms with Crippen LogP contribution in [0.3, 0.4) is 0 Å². The molecule has 0 aliphatic heterocycles. The molecule has 0 saturated carbocycles. The number of benzene rings is 1. The molecular formula is C32H50O7. The van der Waals surface area contributed by atoms with Crippen LogP contribution in [0, 0.1) is 11.3 Å². The second kappa shape index (κ2) is 16.4. The van der Waals surface area contributed by atoms with E-state index in [2.05, 4.69) is 13.8 Å². The van der Waals surface area contributed by atoms with E-state index >= 15 is 0 Å². The molecule has 0 N–H and O–H groups in total. The third-order valence-electron chi connectivity index (χ3n) is 6.77. The molecule has 0 saturated heterocycles. The van der Waals surface area contributed by atoms with Crippen molar-refractivity contribution in [2.24, 2.45) is 11.3 Å². The van der Waals surface area contributed by atoms with Gasteiger partial charge in [-0.3, -0.25) is 14.4 Å². The molecule has 0 heterocycles. The van der Waals surface area contributed by atoms with E-state index in [1.54, 1.807) is 39.8 Å². The SMILES string of the molecule is CCOC(=O)c1ccc(CCCC(CCCC(CCCC(C)C)OC(C)=O)(C(C)=O)C(=O)OC(C)(C)C)cc1. The highest BCUT2D eigenvalue weighted by atomic mass is 16.6. The fraction of sp³-hybridized carbons (Fsp3) is 0.688. The van der Waals surface area contributed by atoms with Crippen molar-refractivity contribution in [3.8, 4) is 0 Å². The van der Waals surface area contributed by atoms with Crippen molar-refractivity contribution in [1.29, 1.82) is 0 Å². The molecule has 1 aromatic rings. The van der Waals surface area contributed by atoms with Crippen LogP contribution in [-0.4, -0.2) is 42.0 Å². The van der Waals surface area contributed by atoms with Crippen LogP contribution in [0.2, 0.25) is 0 Å². The van der Waals surface area contributed by atoms with Crippen molar-refractivity contribution in [2.75, 3.05) is 6.61 Å². The van der Waals surface area contributed by atoms with E-state index in [1.165, 1.54) is 13.8 Å². The first-order valence-corrected chi connectivity index (χ1v) is 14.4. The Balaban J connectivity index is 2.99. The summed E-state index contributed by atoms with van der Waals surface area (Å²) in [5.41, 5.74) is -0.498. The summed E-state index contributed by atoms with van der Waals surface area (Å²) in [5, 5.41) is 0. The molecule has 0 spiro atoms. The first-order valence-electron chi connectivity index (χ1n) is 14.4. The summed E-state index contributed by atoms with van der Waals surface area (Å²) in [5.74, 6) is -0.812. The molecule has 0 amide bonds. The Morgan fingerprint density at radius 3 is 1.95 bits per heavy atom. The minimum Gasteiger partial charge on any atom is -0.463 e. The highest BCUT2D eigenvalue weighted by Crippen LogP contribution is 2.36. The summed E-state index contributed by atoms with van der Waals surface area (Å²) in [6.45, 7) is 14.7. The lowest BCUT2D eigenvalue weighted by atomic mass is 9.74. The number of rotatable bonds is 17. The van der Waals surface area contributed by atoms with E-state index in [4.69, 9.17) is 14.2 Å². The summed E-state index contributed by atoms with van der Waals surface area (Å²) in [4.78, 5) is 50.1. The van der Waals surface area contributed by atoms with Crippen molar-refractivity contribution >= 4 is 23.7 Å². The lowest BCUT2D eigenvalue weighted by Crippen LogP contribution is -2.43. The number of carbonyl (C=O) groups is 4. The lowest BCUT2D eigenvalue weighted by molar-refractivity contribution is -0.171. The Labute approximate surface area is 235 Å². The second-order valence-electron chi connectivity index (χ2n) is 11.9. The third kappa shape index (κ3) is 12.8. The highest BCUT2D eigenvalue weighted by Gasteiger charge is 2.45. The van der Waals surface area contributed by atoms with Gasteiger partial charge < -0.3 is 14.2 Å². The van der Waals surface area contributed by atoms with Gasteiger partial charge in [0.25, 0.3) is 0 Å². The summed E-state index contributed by atoms with van der Waals surface area (Å²) in [6, 6.07) is 7.20. The number of hydrogen-bond acceptors (Lipinski definition) is 7. The van der Waals surface area contributed by atoms with E-state index < -0.39 is 17.0 Å². The second-order valence-corrected chi connectivity index (χ2v) is 11.9. The van der Waals surface area contributed by atoms with Crippen molar-refractivity contribution < 1.29 is 33.4 Å². The van der Waals surface area contributed by atoms with Gasteiger partial charge in [0.2, 0.25) is 0 Å². The monoisotopic (exact) mass is 546 g/mol. The fourth-order valence-corrected chi connectivity index (χ4v) is 4.70. The molecule has 0 aromatic heterocycles. The Morgan fingerprint density at radius 1 is 0.846 bits per heavy atom. The van der Waals surface area contributed by atoms with Gasteiger partial charge in [0, 0.05) is 6.92 Å². The van der Waals surface area contributed by atoms with E-state index in [-0.39, 0.29) is 23.8 Å². The molecule has 0 aliphatic carbocycles. The summed E-state index contributed by atoms with van der Waals surface area (Å²) in [7, 11) is 0. The molecule has 7 heteroatoms. The average Bonchev–Trinajstić information content (AvgIpc) is 2.81. The summed E-state index contributed by atoms with van der Waals surface area (Å²) < 4.78 is 16.3. The maximum Gasteiger partial charge on any atom is 0.338 e. The first-order chi connectivity index (χ1) is 18.2. The van der Waals surface area contributed by atoms with Gasteiger partial charge in [-0.05, 0) is 110 Å². The number of Topliss-reactive ketones (excluding diaryl/α,β-unsaturated/α-hetero) is 1. The van der Waals surface area contributed by atoms with Crippen LogP contribution in [0.1, 0.15) is 123 Å². The zero-order valence-corrected chi connectivity index (χ0v) is 25.4. The van der Waals surface area contributed by atoms with Crippen molar-refractivity contribution in [3.05, 3.63) is 35.4 Å². The minimum atomic E-state index is -1.27. The Bertz CT molecular complexity index is 927. The van der Waals surface area contributed by atoms with Crippen LogP contribution in [0.25, 0.3) is 0 Å². The Hall–Kier alpha value is -2.70. The van der Waals surface area contributed by atoms with Gasteiger partial charge in [-0.1, -0.05) is 32.4 Å². The number of hydrogen-bond donors (Lipinski definition) is 0. The highest BCUT2D eigenvalue weighted by molar-refractivity contribution is 6.02. The van der Waals surface area contributed by atoms with Crippen molar-refractivity contribution in [2.45, 2.75) is 125 Å². The maximum absolute atomic E-state index is 13.5. The normalized spacial score (nSPS) is 13.9. The van der Waals surface area contributed by atoms with Crippen LogP contribution in [0.5, 0.6) is 0 Å². The molecule has 1 rings (SSSR count). The smallest absolute Gasteiger partial charge is 0.338 e. The lowest BCUT2D eigenvalue weighted by Gasteiger charge is -2.33. The Kier molecular flexibility index (Phi) is 14.4. The van der Waals surface area contributed by atoms with E-state index in [0.29, 0.717) is 56.6 Å². The molecular weight excluding hydrogens is 496 g/mol. The van der Waals surface area contributed by atoms with Gasteiger partial charge in [0.05, 0.1) is 12.2 Å². The molecule has 220 valence electrons. The predicted molar refractivity (Wildman–Crippen MR) is 152 cm³/mol. The topological polar surface area (TPSA) is 96.0 Å². The van der Waals surface area contributed by atoms with Gasteiger partial charge in [0.15, 0.2) is 0 Å². The van der Waals surface area contributed by atoms with Crippen LogP contribution in [-0.2, 0) is 35.0 Å². The number of esters is 3. The fourth-order valence-electron chi connectivity index (χ4n) is 4.70. The molecule has 0 aliphatic rings. The molecule has 7 nitrogen and oxygen atoms in total. The zero-order chi connectivity index (χ0) is 29.6. The maximum atomic E-state index is 13.5. The average molecular weight is 547 g/mol. The summed E-state index contributed by atoms with van der Waals surface area (Å²) >= 11 is 0. The van der Waals surface area contributed by atoms with Gasteiger partial charge in [-0.2, -0.15) is 0 Å². The molecule has 39 heavy (non-hydrogen) atoms. The van der Waals surface area contributed by atoms with E-state index in [9.17, 15) is 19.2 Å². The molecule has 0 fully saturated rings. The largest absolute Gasteiger partial charge is 0.463 e. The van der Waals surface area contributed by atoms with Crippen LogP contribution >= 0.6 is 0 Å². The van der Waals surface area contributed by atoms with Gasteiger partial charge in [-0.15, -0.1) is 0 Å². The molecule has 1 aromatic carbocycles. The van der Waals surface area contributed by atoms with Crippen molar-refractivity contribution in [3.63, 3.8) is 0 Å². The van der Waals surface area contributed by atoms with Crippen molar-refractivity contribution in [1.82, 2.24) is 0 Å². The molecule has 0 bridgehead atoms. The number of carbonyl (C=O) groups excluding carboxylic acids is 4. The quantitative estimate of drug-likeness (QED) is 0.118. The van der Waals surface area contributed by atoms with E-state index in [1.807, 2.05) is 12.1 Å². The standard InChI is InChI=1S/C32H50O7/c1-9-37-29(35)27-19-17-26(18-20-27)14-11-21-32(24(4)33,30(36)39-31(6,7)8)22-12-16-28(38-25(5)34)15-10-13-23(2)3/h17-20,23,28H,9-16,21-22H2,1-8H3. The first kappa shape index (κ1) is 34.3. The Morgan fingerprint density at radius 2 is 1.44 bits per heavy atom. The van der Waals surface area contributed by atoms with Gasteiger partial charge >= 0.3 is 17.9 Å². The number of aryl methyl sites for hydroxylation is 1. The molecule has 2 unspecified atom stereocenters. The van der Waals surface area contributed by atoms with Gasteiger partial charge in [-0.25, -0.2) is 4.79 Å². The molecule has 0 radical (unpaired) electrons. The van der Waals surface area contributed by atoms with Crippen LogP contribution in [0.4, 0.5) is 0 Å². The van der Waals surface area contributed by atoms with E-state index in [0.717, 1.165) is 24.8 Å². The number of ketones is 1. The van der Waals surface area contributed by atoms with Gasteiger partial charge in [0.1, 0.15) is 22.9 Å².